The van der Waals surface area contributed by atoms with Crippen molar-refractivity contribution in [3.63, 3.8) is 0 Å². The molecule has 6 nitrogen and oxygen atoms in total. The van der Waals surface area contributed by atoms with Gasteiger partial charge in [0.15, 0.2) is 5.13 Å². The molecule has 0 aliphatic heterocycles. The van der Waals surface area contributed by atoms with Gasteiger partial charge in [0, 0.05) is 4.88 Å². The van der Waals surface area contributed by atoms with Crippen molar-refractivity contribution in [2.75, 3.05) is 11.9 Å². The molecule has 0 bridgehead atoms. The zero-order chi connectivity index (χ0) is 17.8. The fourth-order valence-electron chi connectivity index (χ4n) is 2.86. The molecule has 0 saturated carbocycles. The van der Waals surface area contributed by atoms with Gasteiger partial charge >= 0.3 is 5.97 Å². The number of rotatable bonds is 4. The topological polar surface area (TPSA) is 81.2 Å². The molecule has 1 N–H and O–H groups in total. The molecule has 0 fully saturated rings. The summed E-state index contributed by atoms with van der Waals surface area (Å²) in [6.07, 6.45) is 5.58. The molecule has 0 unspecified atom stereocenters. The Morgan fingerprint density at radius 3 is 2.76 bits per heavy atom. The summed E-state index contributed by atoms with van der Waals surface area (Å²) < 4.78 is 4.97. The lowest BCUT2D eigenvalue weighted by Gasteiger charge is -2.07. The van der Waals surface area contributed by atoms with E-state index in [0.29, 0.717) is 23.0 Å². The van der Waals surface area contributed by atoms with Crippen LogP contribution in [0, 0.1) is 6.92 Å². The molecule has 1 amide bonds. The maximum absolute atomic E-state index is 12.4. The quantitative estimate of drug-likeness (QED) is 0.667. The van der Waals surface area contributed by atoms with Gasteiger partial charge in [-0.1, -0.05) is 6.42 Å². The van der Waals surface area contributed by atoms with E-state index in [1.54, 1.807) is 31.3 Å². The van der Waals surface area contributed by atoms with E-state index in [2.05, 4.69) is 15.3 Å². The van der Waals surface area contributed by atoms with Crippen molar-refractivity contribution in [3.05, 3.63) is 39.7 Å². The van der Waals surface area contributed by atoms with Gasteiger partial charge in [-0.15, -0.1) is 11.3 Å². The number of aromatic nitrogens is 2. The molecule has 1 aliphatic carbocycles. The average molecular weight is 359 g/mol. The van der Waals surface area contributed by atoms with Crippen LogP contribution < -0.4 is 5.32 Å². The first kappa shape index (κ1) is 17.5. The Balaban J connectivity index is 1.73. The second kappa shape index (κ2) is 7.74. The van der Waals surface area contributed by atoms with Gasteiger partial charge in [-0.25, -0.2) is 14.8 Å². The summed E-state index contributed by atoms with van der Waals surface area (Å²) >= 11 is 1.55. The molecule has 3 rings (SSSR count). The maximum atomic E-state index is 12.4. The first-order chi connectivity index (χ1) is 12.1. The first-order valence-corrected chi connectivity index (χ1v) is 9.35. The van der Waals surface area contributed by atoms with Gasteiger partial charge in [0.25, 0.3) is 5.91 Å². The number of anilines is 1. The number of thiazole rings is 1. The van der Waals surface area contributed by atoms with Crippen LogP contribution in [0.25, 0.3) is 0 Å². The van der Waals surface area contributed by atoms with E-state index < -0.39 is 5.97 Å². The maximum Gasteiger partial charge on any atom is 0.339 e. The summed E-state index contributed by atoms with van der Waals surface area (Å²) in [5.74, 6) is -0.745. The lowest BCUT2D eigenvalue weighted by molar-refractivity contribution is 0.0524. The highest BCUT2D eigenvalue weighted by atomic mass is 32.1. The fourth-order valence-corrected chi connectivity index (χ4v) is 3.90. The highest BCUT2D eigenvalue weighted by Gasteiger charge is 2.18. The Morgan fingerprint density at radius 1 is 1.20 bits per heavy atom. The number of ether oxygens (including phenoxy) is 1. The lowest BCUT2D eigenvalue weighted by atomic mass is 10.2. The number of pyridine rings is 1. The Labute approximate surface area is 150 Å². The van der Waals surface area contributed by atoms with Gasteiger partial charge in [-0.2, -0.15) is 0 Å². The van der Waals surface area contributed by atoms with Crippen LogP contribution in [-0.4, -0.2) is 28.5 Å². The van der Waals surface area contributed by atoms with E-state index in [0.717, 1.165) is 25.0 Å². The molecule has 0 atom stereocenters. The molecule has 2 aromatic rings. The summed E-state index contributed by atoms with van der Waals surface area (Å²) in [5.41, 5.74) is 2.22. The van der Waals surface area contributed by atoms with Crippen LogP contribution in [0.15, 0.2) is 12.1 Å². The first-order valence-electron chi connectivity index (χ1n) is 8.53. The SMILES string of the molecule is CCOC(=O)c1ccc(C(=O)Nc2nc3c(s2)CCCCC3)nc1C. The molecule has 2 aromatic heterocycles. The van der Waals surface area contributed by atoms with Gasteiger partial charge in [-0.05, 0) is 51.7 Å². The third-order valence-corrected chi connectivity index (χ3v) is 5.20. The smallest absolute Gasteiger partial charge is 0.339 e. The Kier molecular flexibility index (Phi) is 5.43. The van der Waals surface area contributed by atoms with Gasteiger partial charge in [-0.3, -0.25) is 10.1 Å². The standard InChI is InChI=1S/C18H21N3O3S/c1-3-24-17(23)12-9-10-14(19-11(12)2)16(22)21-18-20-13-7-5-4-6-8-15(13)25-18/h9-10H,3-8H2,1-2H3,(H,20,21,22). The van der Waals surface area contributed by atoms with Crippen molar-refractivity contribution >= 4 is 28.3 Å². The van der Waals surface area contributed by atoms with Crippen molar-refractivity contribution in [2.24, 2.45) is 0 Å². The van der Waals surface area contributed by atoms with Crippen molar-refractivity contribution < 1.29 is 14.3 Å². The number of aryl methyl sites for hydroxylation is 3. The summed E-state index contributed by atoms with van der Waals surface area (Å²) in [5, 5.41) is 3.44. The van der Waals surface area contributed by atoms with Crippen LogP contribution in [0.5, 0.6) is 0 Å². The summed E-state index contributed by atoms with van der Waals surface area (Å²) in [4.78, 5) is 34.3. The van der Waals surface area contributed by atoms with E-state index in [1.165, 1.54) is 23.8 Å². The Hall–Kier alpha value is -2.28. The van der Waals surface area contributed by atoms with Crippen molar-refractivity contribution in [1.82, 2.24) is 9.97 Å². The number of esters is 1. The average Bonchev–Trinajstić information content (AvgIpc) is 2.83. The van der Waals surface area contributed by atoms with Crippen LogP contribution in [0.1, 0.15) is 63.3 Å². The van der Waals surface area contributed by atoms with Crippen LogP contribution in [0.2, 0.25) is 0 Å². The monoisotopic (exact) mass is 359 g/mol. The molecule has 1 aliphatic rings. The highest BCUT2D eigenvalue weighted by molar-refractivity contribution is 7.15. The molecule has 0 radical (unpaired) electrons. The number of hydrogen-bond acceptors (Lipinski definition) is 6. The van der Waals surface area contributed by atoms with Gasteiger partial charge in [0.2, 0.25) is 0 Å². The van der Waals surface area contributed by atoms with E-state index in [-0.39, 0.29) is 11.6 Å². The van der Waals surface area contributed by atoms with E-state index in [1.807, 2.05) is 0 Å². The molecule has 2 heterocycles. The number of hydrogen-bond donors (Lipinski definition) is 1. The highest BCUT2D eigenvalue weighted by Crippen LogP contribution is 2.29. The van der Waals surface area contributed by atoms with Gasteiger partial charge in [0.05, 0.1) is 23.6 Å². The molecular formula is C18H21N3O3S. The van der Waals surface area contributed by atoms with Crippen molar-refractivity contribution in [3.8, 4) is 0 Å². The predicted octanol–water partition coefficient (Wildman–Crippen LogP) is 3.54. The number of nitrogens with zero attached hydrogens (tertiary/aromatic N) is 2. The summed E-state index contributed by atoms with van der Waals surface area (Å²) in [7, 11) is 0. The van der Waals surface area contributed by atoms with E-state index >= 15 is 0 Å². The van der Waals surface area contributed by atoms with Crippen LogP contribution in [-0.2, 0) is 17.6 Å². The van der Waals surface area contributed by atoms with E-state index in [4.69, 9.17) is 4.74 Å². The van der Waals surface area contributed by atoms with Gasteiger partial charge < -0.3 is 4.74 Å². The minimum absolute atomic E-state index is 0.260. The largest absolute Gasteiger partial charge is 0.462 e. The minimum atomic E-state index is -0.428. The molecule has 0 saturated heterocycles. The molecule has 0 spiro atoms. The second-order valence-electron chi connectivity index (χ2n) is 5.95. The molecule has 7 heteroatoms. The normalized spacial score (nSPS) is 13.7. The minimum Gasteiger partial charge on any atom is -0.462 e. The third-order valence-electron chi connectivity index (χ3n) is 4.13. The van der Waals surface area contributed by atoms with Crippen LogP contribution in [0.3, 0.4) is 0 Å². The molecule has 132 valence electrons. The lowest BCUT2D eigenvalue weighted by Crippen LogP contribution is -2.16. The predicted molar refractivity (Wildman–Crippen MR) is 96.3 cm³/mol. The number of fused-ring (bicyclic) bond motifs is 1. The number of carbonyl (C=O) groups is 2. The zero-order valence-electron chi connectivity index (χ0n) is 14.4. The summed E-state index contributed by atoms with van der Waals surface area (Å²) in [6, 6.07) is 3.11. The van der Waals surface area contributed by atoms with E-state index in [9.17, 15) is 9.59 Å². The second-order valence-corrected chi connectivity index (χ2v) is 7.04. The number of carbonyl (C=O) groups excluding carboxylic acids is 2. The number of nitrogens with one attached hydrogen (secondary N) is 1. The molecule has 0 aromatic carbocycles. The fraction of sp³-hybridized carbons (Fsp3) is 0.444. The zero-order valence-corrected chi connectivity index (χ0v) is 15.2. The Bertz CT molecular complexity index is 777. The van der Waals surface area contributed by atoms with Crippen LogP contribution >= 0.6 is 11.3 Å². The van der Waals surface area contributed by atoms with Crippen LogP contribution in [0.4, 0.5) is 5.13 Å². The number of amides is 1. The van der Waals surface area contributed by atoms with Crippen molar-refractivity contribution in [1.29, 1.82) is 0 Å². The van der Waals surface area contributed by atoms with Crippen molar-refractivity contribution in [2.45, 2.75) is 46.0 Å². The Morgan fingerprint density at radius 2 is 2.00 bits per heavy atom. The molecule has 25 heavy (non-hydrogen) atoms. The molecular weight excluding hydrogens is 338 g/mol. The third kappa shape index (κ3) is 4.04. The van der Waals surface area contributed by atoms with Gasteiger partial charge in [0.1, 0.15) is 5.69 Å². The summed E-state index contributed by atoms with van der Waals surface area (Å²) in [6.45, 7) is 3.74.